The Balaban J connectivity index is 1.67. The van der Waals surface area contributed by atoms with E-state index in [0.29, 0.717) is 12.2 Å². The van der Waals surface area contributed by atoms with E-state index >= 15 is 0 Å². The first-order valence-electron chi connectivity index (χ1n) is 12.5. The molecule has 9 heteroatoms. The number of ether oxygens (including phenoxy) is 1. The van der Waals surface area contributed by atoms with Crippen molar-refractivity contribution in [3.8, 4) is 5.75 Å². The molecule has 0 saturated heterocycles. The van der Waals surface area contributed by atoms with Crippen LogP contribution in [0.4, 0.5) is 0 Å². The maximum absolute atomic E-state index is 13.3. The first-order chi connectivity index (χ1) is 17.2. The summed E-state index contributed by atoms with van der Waals surface area (Å²) in [5.74, 6) is 0.315. The highest BCUT2D eigenvalue weighted by Crippen LogP contribution is 2.20. The monoisotopic (exact) mass is 515 g/mol. The van der Waals surface area contributed by atoms with Crippen molar-refractivity contribution < 1.29 is 22.7 Å². The smallest absolute Gasteiger partial charge is 0.242 e. The van der Waals surface area contributed by atoms with Gasteiger partial charge in [0.2, 0.25) is 21.8 Å². The summed E-state index contributed by atoms with van der Waals surface area (Å²) in [6.45, 7) is 2.19. The topological polar surface area (TPSA) is 96.0 Å². The number of nitrogens with one attached hydrogen (secondary N) is 1. The zero-order valence-corrected chi connectivity index (χ0v) is 22.2. The van der Waals surface area contributed by atoms with Crippen molar-refractivity contribution in [1.82, 2.24) is 14.5 Å². The number of nitrogens with zero attached hydrogens (tertiary/aromatic N) is 2. The quantitative estimate of drug-likeness (QED) is 0.466. The largest absolute Gasteiger partial charge is 0.497 e. The summed E-state index contributed by atoms with van der Waals surface area (Å²) in [6, 6.07) is 15.1. The highest BCUT2D eigenvalue weighted by atomic mass is 32.2. The minimum Gasteiger partial charge on any atom is -0.497 e. The van der Waals surface area contributed by atoms with Gasteiger partial charge in [-0.25, -0.2) is 12.7 Å². The van der Waals surface area contributed by atoms with Gasteiger partial charge in [0.15, 0.2) is 0 Å². The molecule has 196 valence electrons. The maximum atomic E-state index is 13.3. The van der Waals surface area contributed by atoms with Gasteiger partial charge in [-0.3, -0.25) is 9.59 Å². The molecule has 0 aliphatic heterocycles. The number of benzene rings is 2. The zero-order valence-electron chi connectivity index (χ0n) is 21.4. The molecule has 0 spiro atoms. The van der Waals surface area contributed by atoms with E-state index in [-0.39, 0.29) is 42.3 Å². The van der Waals surface area contributed by atoms with Gasteiger partial charge < -0.3 is 15.0 Å². The highest BCUT2D eigenvalue weighted by molar-refractivity contribution is 7.89. The molecule has 1 atom stereocenters. The van der Waals surface area contributed by atoms with Gasteiger partial charge in [-0.2, -0.15) is 0 Å². The van der Waals surface area contributed by atoms with Crippen LogP contribution < -0.4 is 10.1 Å². The summed E-state index contributed by atoms with van der Waals surface area (Å²) in [7, 11) is -0.531. The van der Waals surface area contributed by atoms with E-state index in [1.54, 1.807) is 49.3 Å². The summed E-state index contributed by atoms with van der Waals surface area (Å²) >= 11 is 0. The van der Waals surface area contributed by atoms with Crippen molar-refractivity contribution in [2.75, 3.05) is 20.7 Å². The minimum atomic E-state index is -3.63. The number of hydrogen-bond acceptors (Lipinski definition) is 5. The first kappa shape index (κ1) is 27.7. The normalized spacial score (nSPS) is 15.0. The Kier molecular flexibility index (Phi) is 9.89. The lowest BCUT2D eigenvalue weighted by atomic mass is 10.1. The van der Waals surface area contributed by atoms with E-state index in [1.807, 2.05) is 24.3 Å². The van der Waals surface area contributed by atoms with Gasteiger partial charge >= 0.3 is 0 Å². The number of carbonyl (C=O) groups is 2. The molecule has 1 N–H and O–H groups in total. The summed E-state index contributed by atoms with van der Waals surface area (Å²) in [5, 5.41) is 3.09. The van der Waals surface area contributed by atoms with Crippen molar-refractivity contribution in [1.29, 1.82) is 0 Å². The van der Waals surface area contributed by atoms with Crippen LogP contribution in [0.5, 0.6) is 5.75 Å². The van der Waals surface area contributed by atoms with Crippen molar-refractivity contribution in [3.63, 3.8) is 0 Å². The molecule has 2 aromatic carbocycles. The molecule has 8 nitrogen and oxygen atoms in total. The number of hydrogen-bond donors (Lipinski definition) is 1. The van der Waals surface area contributed by atoms with Crippen molar-refractivity contribution in [3.05, 3.63) is 60.2 Å². The fourth-order valence-electron chi connectivity index (χ4n) is 4.43. The summed E-state index contributed by atoms with van der Waals surface area (Å²) in [6.07, 6.45) is 4.60. The average molecular weight is 516 g/mol. The second-order valence-electron chi connectivity index (χ2n) is 9.28. The molecular formula is C27H37N3O5S. The molecule has 0 radical (unpaired) electrons. The Hall–Kier alpha value is -2.91. The third-order valence-electron chi connectivity index (χ3n) is 6.67. The molecule has 0 heterocycles. The molecule has 0 bridgehead atoms. The third-order valence-corrected chi connectivity index (χ3v) is 8.54. The van der Waals surface area contributed by atoms with Crippen LogP contribution in [0, 0.1) is 0 Å². The Bertz CT molecular complexity index is 1120. The summed E-state index contributed by atoms with van der Waals surface area (Å²) < 4.78 is 32.1. The molecule has 1 aliphatic rings. The lowest BCUT2D eigenvalue weighted by Crippen LogP contribution is -2.49. The van der Waals surface area contributed by atoms with Gasteiger partial charge in [-0.1, -0.05) is 43.2 Å². The SMILES string of the molecule is COc1cccc(CN(C(=O)CCCN(C)S(=O)(=O)c2ccccc2)[C@@H](C)C(=O)NC2CCCC2)c1. The van der Waals surface area contributed by atoms with Crippen molar-refractivity contribution in [2.24, 2.45) is 0 Å². The molecule has 2 aromatic rings. The van der Waals surface area contributed by atoms with Crippen molar-refractivity contribution >= 4 is 21.8 Å². The number of methoxy groups -OCH3 is 1. The van der Waals surface area contributed by atoms with E-state index in [4.69, 9.17) is 4.74 Å². The van der Waals surface area contributed by atoms with Gasteiger partial charge in [0.25, 0.3) is 0 Å². The van der Waals surface area contributed by atoms with Crippen LogP contribution >= 0.6 is 0 Å². The average Bonchev–Trinajstić information content (AvgIpc) is 3.40. The van der Waals surface area contributed by atoms with Crippen LogP contribution in [-0.2, 0) is 26.2 Å². The minimum absolute atomic E-state index is 0.125. The standard InChI is InChI=1S/C27H37N3O5S/c1-21(27(32)28-23-12-7-8-13-23)30(20-22-11-9-14-24(19-22)35-3)26(31)17-10-18-29(2)36(33,34)25-15-5-4-6-16-25/h4-6,9,11,14-16,19,21,23H,7-8,10,12-13,17-18,20H2,1-3H3,(H,28,32)/t21-/m0/s1. The molecule has 3 rings (SSSR count). The molecule has 0 aromatic heterocycles. The van der Waals surface area contributed by atoms with Gasteiger partial charge in [-0.15, -0.1) is 0 Å². The first-order valence-corrected chi connectivity index (χ1v) is 13.9. The van der Waals surface area contributed by atoms with E-state index in [2.05, 4.69) is 5.32 Å². The van der Waals surface area contributed by atoms with E-state index < -0.39 is 16.1 Å². The molecule has 1 fully saturated rings. The highest BCUT2D eigenvalue weighted by Gasteiger charge is 2.29. The molecule has 2 amide bonds. The van der Waals surface area contributed by atoms with Gasteiger partial charge in [0.1, 0.15) is 11.8 Å². The molecule has 36 heavy (non-hydrogen) atoms. The van der Waals surface area contributed by atoms with Crippen molar-refractivity contribution in [2.45, 2.75) is 69.0 Å². The van der Waals surface area contributed by atoms with Gasteiger partial charge in [-0.05, 0) is 56.0 Å². The van der Waals surface area contributed by atoms with Crippen LogP contribution in [0.1, 0.15) is 51.0 Å². The van der Waals surface area contributed by atoms with Crippen LogP contribution in [0.2, 0.25) is 0 Å². The molecular weight excluding hydrogens is 478 g/mol. The maximum Gasteiger partial charge on any atom is 0.242 e. The molecule has 1 saturated carbocycles. The number of rotatable bonds is 12. The lowest BCUT2D eigenvalue weighted by molar-refractivity contribution is -0.141. The van der Waals surface area contributed by atoms with Crippen LogP contribution in [0.15, 0.2) is 59.5 Å². The van der Waals surface area contributed by atoms with E-state index in [0.717, 1.165) is 31.2 Å². The van der Waals surface area contributed by atoms with Gasteiger partial charge in [0.05, 0.1) is 12.0 Å². The third kappa shape index (κ3) is 7.30. The van der Waals surface area contributed by atoms with E-state index in [9.17, 15) is 18.0 Å². The lowest BCUT2D eigenvalue weighted by Gasteiger charge is -2.30. The fourth-order valence-corrected chi connectivity index (χ4v) is 5.66. The van der Waals surface area contributed by atoms with Crippen LogP contribution in [-0.4, -0.2) is 62.2 Å². The van der Waals surface area contributed by atoms with Gasteiger partial charge in [0, 0.05) is 32.6 Å². The number of sulfonamides is 1. The predicted molar refractivity (Wildman–Crippen MR) is 139 cm³/mol. The summed E-state index contributed by atoms with van der Waals surface area (Å²) in [4.78, 5) is 28.1. The molecule has 0 unspecified atom stereocenters. The number of carbonyl (C=O) groups excluding carboxylic acids is 2. The second kappa shape index (κ2) is 12.9. The second-order valence-corrected chi connectivity index (χ2v) is 11.3. The van der Waals surface area contributed by atoms with Crippen LogP contribution in [0.25, 0.3) is 0 Å². The Morgan fingerprint density at radius 2 is 1.78 bits per heavy atom. The Labute approximate surface area is 214 Å². The Morgan fingerprint density at radius 3 is 2.44 bits per heavy atom. The summed E-state index contributed by atoms with van der Waals surface area (Å²) in [5.41, 5.74) is 0.854. The number of amides is 2. The molecule has 1 aliphatic carbocycles. The fraction of sp³-hybridized carbons (Fsp3) is 0.481. The van der Waals surface area contributed by atoms with E-state index in [1.165, 1.54) is 11.4 Å². The van der Waals surface area contributed by atoms with Crippen LogP contribution in [0.3, 0.4) is 0 Å². The zero-order chi connectivity index (χ0) is 26.1. The predicted octanol–water partition coefficient (Wildman–Crippen LogP) is 3.57. The Morgan fingerprint density at radius 1 is 1.08 bits per heavy atom.